The Morgan fingerprint density at radius 3 is 2.28 bits per heavy atom. The molecule has 1 saturated carbocycles. The van der Waals surface area contributed by atoms with Crippen LogP contribution in [0.1, 0.15) is 41.0 Å². The zero-order chi connectivity index (χ0) is 13.8. The van der Waals surface area contributed by atoms with Crippen LogP contribution in [0.25, 0.3) is 0 Å². The van der Waals surface area contributed by atoms with E-state index in [9.17, 15) is 0 Å². The van der Waals surface area contributed by atoms with Gasteiger partial charge in [-0.25, -0.2) is 0 Å². The Morgan fingerprint density at radius 1 is 1.17 bits per heavy atom. The molecule has 0 saturated heterocycles. The molecular weight excluding hydrogens is 244 g/mol. The number of ether oxygens (including phenoxy) is 1. The Morgan fingerprint density at radius 2 is 1.78 bits per heavy atom. The van der Waals surface area contributed by atoms with Gasteiger partial charge in [0.05, 0.1) is 0 Å². The molecule has 0 aromatic heterocycles. The van der Waals surface area contributed by atoms with Crippen LogP contribution in [0.2, 0.25) is 0 Å². The van der Waals surface area contributed by atoms with Gasteiger partial charge < -0.3 is 15.4 Å². The van der Waals surface area contributed by atoms with Gasteiger partial charge in [0.2, 0.25) is 0 Å². The van der Waals surface area contributed by atoms with Gasteiger partial charge in [0.1, 0.15) is 0 Å². The zero-order valence-corrected chi connectivity index (χ0v) is 13.2. The average molecular weight is 272 g/mol. The molecule has 0 unspecified atom stereocenters. The lowest BCUT2D eigenvalue weighted by molar-refractivity contribution is 0.145. The van der Waals surface area contributed by atoms with Crippen molar-refractivity contribution in [3.05, 3.63) is 0 Å². The van der Waals surface area contributed by atoms with Crippen LogP contribution in [0.4, 0.5) is 0 Å². The Hall–Kier alpha value is -0.350. The summed E-state index contributed by atoms with van der Waals surface area (Å²) in [6, 6.07) is 0. The van der Waals surface area contributed by atoms with Crippen LogP contribution >= 0.6 is 12.2 Å². The highest BCUT2D eigenvalue weighted by molar-refractivity contribution is 7.80. The second-order valence-electron chi connectivity index (χ2n) is 6.18. The molecule has 0 aliphatic heterocycles. The summed E-state index contributed by atoms with van der Waals surface area (Å²) in [7, 11) is 0. The molecule has 0 radical (unpaired) electrons. The molecule has 1 rings (SSSR count). The van der Waals surface area contributed by atoms with E-state index >= 15 is 0 Å². The Kier molecular flexibility index (Phi) is 5.41. The highest BCUT2D eigenvalue weighted by Crippen LogP contribution is 2.67. The number of hydrogen-bond acceptors (Lipinski definition) is 2. The highest BCUT2D eigenvalue weighted by atomic mass is 32.1. The van der Waals surface area contributed by atoms with Crippen molar-refractivity contribution in [2.45, 2.75) is 41.0 Å². The minimum absolute atomic E-state index is 0.421. The van der Waals surface area contributed by atoms with E-state index in [1.807, 2.05) is 6.92 Å². The van der Waals surface area contributed by atoms with Crippen molar-refractivity contribution in [2.75, 3.05) is 26.3 Å². The van der Waals surface area contributed by atoms with Crippen LogP contribution in [-0.2, 0) is 4.74 Å². The average Bonchev–Trinajstić information content (AvgIpc) is 2.66. The molecule has 0 heterocycles. The molecule has 2 N–H and O–H groups in total. The molecule has 1 aliphatic rings. The van der Waals surface area contributed by atoms with E-state index in [1.54, 1.807) is 0 Å². The first-order valence-corrected chi connectivity index (χ1v) is 7.34. The lowest BCUT2D eigenvalue weighted by atomic mass is 10.0. The summed E-state index contributed by atoms with van der Waals surface area (Å²) in [6.07, 6.45) is 0.996. The third kappa shape index (κ3) is 3.58. The predicted molar refractivity (Wildman–Crippen MR) is 80.8 cm³/mol. The summed E-state index contributed by atoms with van der Waals surface area (Å²) in [5.41, 5.74) is 0.842. The fourth-order valence-electron chi connectivity index (χ4n) is 2.62. The van der Waals surface area contributed by atoms with Gasteiger partial charge in [-0.3, -0.25) is 0 Å². The maximum absolute atomic E-state index is 5.27. The molecule has 0 aromatic rings. The van der Waals surface area contributed by atoms with Crippen LogP contribution in [0.15, 0.2) is 0 Å². The van der Waals surface area contributed by atoms with Crippen LogP contribution in [0.5, 0.6) is 0 Å². The number of thiocarbonyl (C=S) groups is 1. The van der Waals surface area contributed by atoms with Gasteiger partial charge in [-0.2, -0.15) is 0 Å². The van der Waals surface area contributed by atoms with Gasteiger partial charge in [0.25, 0.3) is 0 Å². The fraction of sp³-hybridized carbons (Fsp3) is 0.929. The second-order valence-corrected chi connectivity index (χ2v) is 6.59. The van der Waals surface area contributed by atoms with E-state index in [4.69, 9.17) is 17.0 Å². The van der Waals surface area contributed by atoms with Gasteiger partial charge in [-0.1, -0.05) is 27.7 Å². The van der Waals surface area contributed by atoms with E-state index in [2.05, 4.69) is 38.3 Å². The Bertz CT molecular complexity index is 276. The SMILES string of the molecule is CCOCCCNC(=S)NCC1C(C)(C)C1(C)C. The monoisotopic (exact) mass is 272 g/mol. The minimum Gasteiger partial charge on any atom is -0.382 e. The molecule has 4 heteroatoms. The van der Waals surface area contributed by atoms with Crippen molar-refractivity contribution in [1.29, 1.82) is 0 Å². The first kappa shape index (κ1) is 15.7. The Balaban J connectivity index is 2.08. The smallest absolute Gasteiger partial charge is 0.166 e. The summed E-state index contributed by atoms with van der Waals surface area (Å²) < 4.78 is 5.27. The van der Waals surface area contributed by atoms with Crippen molar-refractivity contribution in [1.82, 2.24) is 10.6 Å². The predicted octanol–water partition coefficient (Wildman–Crippen LogP) is 2.56. The topological polar surface area (TPSA) is 33.3 Å². The molecule has 0 aromatic carbocycles. The van der Waals surface area contributed by atoms with E-state index in [0.717, 1.165) is 37.8 Å². The van der Waals surface area contributed by atoms with Crippen molar-refractivity contribution in [2.24, 2.45) is 16.7 Å². The molecular formula is C14H28N2OS. The lowest BCUT2D eigenvalue weighted by Gasteiger charge is -2.11. The lowest BCUT2D eigenvalue weighted by Crippen LogP contribution is -2.37. The van der Waals surface area contributed by atoms with Gasteiger partial charge in [-0.05, 0) is 42.3 Å². The molecule has 0 amide bonds. The number of rotatable bonds is 7. The van der Waals surface area contributed by atoms with Crippen LogP contribution < -0.4 is 10.6 Å². The molecule has 0 bridgehead atoms. The van der Waals surface area contributed by atoms with Crippen molar-refractivity contribution in [3.8, 4) is 0 Å². The summed E-state index contributed by atoms with van der Waals surface area (Å²) in [5.74, 6) is 0.702. The quantitative estimate of drug-likeness (QED) is 0.551. The van der Waals surface area contributed by atoms with Crippen molar-refractivity contribution >= 4 is 17.3 Å². The Labute approximate surface area is 117 Å². The third-order valence-corrected chi connectivity index (χ3v) is 5.03. The molecule has 1 aliphatic carbocycles. The molecule has 18 heavy (non-hydrogen) atoms. The van der Waals surface area contributed by atoms with E-state index in [0.29, 0.717) is 16.7 Å². The largest absolute Gasteiger partial charge is 0.382 e. The van der Waals surface area contributed by atoms with Gasteiger partial charge in [0.15, 0.2) is 5.11 Å². The first-order valence-electron chi connectivity index (χ1n) is 6.93. The highest BCUT2D eigenvalue weighted by Gasteiger charge is 2.64. The van der Waals surface area contributed by atoms with Crippen LogP contribution in [0, 0.1) is 16.7 Å². The normalized spacial score (nSPS) is 20.5. The summed E-state index contributed by atoms with van der Waals surface area (Å²) in [5, 5.41) is 7.31. The zero-order valence-electron chi connectivity index (χ0n) is 12.4. The molecule has 3 nitrogen and oxygen atoms in total. The van der Waals surface area contributed by atoms with E-state index in [1.165, 1.54) is 0 Å². The van der Waals surface area contributed by atoms with E-state index in [-0.39, 0.29) is 0 Å². The van der Waals surface area contributed by atoms with E-state index < -0.39 is 0 Å². The van der Waals surface area contributed by atoms with Gasteiger partial charge in [-0.15, -0.1) is 0 Å². The molecule has 0 atom stereocenters. The maximum Gasteiger partial charge on any atom is 0.166 e. The number of hydrogen-bond donors (Lipinski definition) is 2. The fourth-order valence-corrected chi connectivity index (χ4v) is 2.81. The first-order chi connectivity index (χ1) is 8.34. The van der Waals surface area contributed by atoms with Crippen molar-refractivity contribution < 1.29 is 4.74 Å². The third-order valence-electron chi connectivity index (χ3n) is 4.74. The van der Waals surface area contributed by atoms with Crippen LogP contribution in [0.3, 0.4) is 0 Å². The summed E-state index contributed by atoms with van der Waals surface area (Å²) in [6.45, 7) is 14.8. The standard InChI is InChI=1S/C14H28N2OS/c1-6-17-9-7-8-15-12(18)16-10-11-13(2,3)14(11,4)5/h11H,6-10H2,1-5H3,(H2,15,16,18). The second kappa shape index (κ2) is 6.20. The summed E-state index contributed by atoms with van der Waals surface area (Å²) in [4.78, 5) is 0. The molecule has 0 spiro atoms. The van der Waals surface area contributed by atoms with Gasteiger partial charge >= 0.3 is 0 Å². The maximum atomic E-state index is 5.27. The molecule has 106 valence electrons. The molecule has 1 fully saturated rings. The summed E-state index contributed by atoms with van der Waals surface area (Å²) >= 11 is 5.27. The van der Waals surface area contributed by atoms with Crippen LogP contribution in [-0.4, -0.2) is 31.4 Å². The van der Waals surface area contributed by atoms with Gasteiger partial charge in [0, 0.05) is 26.3 Å². The number of nitrogens with one attached hydrogen (secondary N) is 2. The van der Waals surface area contributed by atoms with Crippen molar-refractivity contribution in [3.63, 3.8) is 0 Å². The minimum atomic E-state index is 0.421.